The van der Waals surface area contributed by atoms with Crippen LogP contribution < -0.4 is 0 Å². The van der Waals surface area contributed by atoms with Gasteiger partial charge in [-0.1, -0.05) is 20.8 Å². The molecule has 1 fully saturated rings. The van der Waals surface area contributed by atoms with E-state index in [9.17, 15) is 19.7 Å². The normalized spacial score (nSPS) is 21.0. The van der Waals surface area contributed by atoms with Gasteiger partial charge < -0.3 is 18.8 Å². The third-order valence-corrected chi connectivity index (χ3v) is 10.4. The van der Waals surface area contributed by atoms with E-state index >= 15 is 0 Å². The summed E-state index contributed by atoms with van der Waals surface area (Å²) in [4.78, 5) is 37.5. The first-order valence-electron chi connectivity index (χ1n) is 10.9. The summed E-state index contributed by atoms with van der Waals surface area (Å²) in [5, 5.41) is 11.3. The smallest absolute Gasteiger partial charge is 0.410 e. The van der Waals surface area contributed by atoms with Gasteiger partial charge in [0.05, 0.1) is 25.0 Å². The Bertz CT molecular complexity index is 655. The van der Waals surface area contributed by atoms with Gasteiger partial charge in [-0.15, -0.1) is 0 Å². The molecule has 10 heteroatoms. The molecule has 1 aliphatic rings. The van der Waals surface area contributed by atoms with Crippen LogP contribution in [0.4, 0.5) is 4.79 Å². The van der Waals surface area contributed by atoms with Gasteiger partial charge in [-0.25, -0.2) is 4.79 Å². The number of rotatable bonds is 8. The van der Waals surface area contributed by atoms with E-state index in [1.165, 1.54) is 4.90 Å². The maximum Gasteiger partial charge on any atom is 0.410 e. The quantitative estimate of drug-likeness (QED) is 0.231. The van der Waals surface area contributed by atoms with Crippen LogP contribution in [0, 0.1) is 16.0 Å². The van der Waals surface area contributed by atoms with E-state index in [0.29, 0.717) is 6.42 Å². The zero-order valence-corrected chi connectivity index (χ0v) is 21.5. The first-order chi connectivity index (χ1) is 14.0. The molecule has 1 saturated heterocycles. The standard InChI is InChI=1S/C21H40N2O7Si/c1-10-28-18(24)11-15(13-23(26)27)17-12-16(30-31(8,9)21(5,6)7)14-22(17)19(25)29-20(2,3)4/h15-17H,10-14H2,1-9H3. The van der Waals surface area contributed by atoms with Crippen LogP contribution in [0.5, 0.6) is 0 Å². The molecule has 0 bridgehead atoms. The minimum absolute atomic E-state index is 0.0208. The largest absolute Gasteiger partial charge is 0.466 e. The number of ether oxygens (including phenoxy) is 2. The van der Waals surface area contributed by atoms with Crippen molar-refractivity contribution >= 4 is 20.4 Å². The number of nitro groups is 1. The average Bonchev–Trinajstić information content (AvgIpc) is 2.94. The maximum atomic E-state index is 13.0. The molecule has 9 nitrogen and oxygen atoms in total. The molecule has 0 aromatic rings. The molecular formula is C21H40N2O7Si. The number of likely N-dealkylation sites (tertiary alicyclic amines) is 1. The number of esters is 1. The highest BCUT2D eigenvalue weighted by Gasteiger charge is 2.47. The molecule has 180 valence electrons. The molecule has 1 aliphatic heterocycles. The molecule has 3 atom stereocenters. The van der Waals surface area contributed by atoms with Crippen molar-refractivity contribution in [2.24, 2.45) is 5.92 Å². The summed E-state index contributed by atoms with van der Waals surface area (Å²) in [6, 6.07) is -0.542. The Kier molecular flexibility index (Phi) is 9.08. The van der Waals surface area contributed by atoms with Crippen molar-refractivity contribution in [1.29, 1.82) is 0 Å². The van der Waals surface area contributed by atoms with Crippen LogP contribution in [-0.2, 0) is 18.7 Å². The molecule has 0 spiro atoms. The van der Waals surface area contributed by atoms with Crippen LogP contribution in [0.1, 0.15) is 61.3 Å². The number of amides is 1. The van der Waals surface area contributed by atoms with Crippen molar-refractivity contribution in [2.45, 2.75) is 97.2 Å². The number of nitrogens with zero attached hydrogens (tertiary/aromatic N) is 2. The predicted molar refractivity (Wildman–Crippen MR) is 120 cm³/mol. The second-order valence-corrected chi connectivity index (χ2v) is 15.5. The lowest BCUT2D eigenvalue weighted by Crippen LogP contribution is -2.46. The lowest BCUT2D eigenvalue weighted by Gasteiger charge is -2.38. The second kappa shape index (κ2) is 10.3. The fourth-order valence-electron chi connectivity index (χ4n) is 3.43. The van der Waals surface area contributed by atoms with Gasteiger partial charge in [0.2, 0.25) is 6.54 Å². The van der Waals surface area contributed by atoms with E-state index in [2.05, 4.69) is 33.9 Å². The molecule has 0 aliphatic carbocycles. The van der Waals surface area contributed by atoms with Crippen LogP contribution in [0.2, 0.25) is 18.1 Å². The fourth-order valence-corrected chi connectivity index (χ4v) is 4.79. The summed E-state index contributed by atoms with van der Waals surface area (Å²) < 4.78 is 17.1. The van der Waals surface area contributed by atoms with Crippen molar-refractivity contribution < 1.29 is 28.4 Å². The first kappa shape index (κ1) is 27.4. The monoisotopic (exact) mass is 460 g/mol. The van der Waals surface area contributed by atoms with Gasteiger partial charge in [0.1, 0.15) is 5.60 Å². The van der Waals surface area contributed by atoms with Crippen molar-refractivity contribution in [3.05, 3.63) is 10.1 Å². The molecule has 0 aromatic heterocycles. The van der Waals surface area contributed by atoms with Gasteiger partial charge in [0, 0.05) is 17.5 Å². The molecular weight excluding hydrogens is 420 g/mol. The lowest BCUT2D eigenvalue weighted by molar-refractivity contribution is -0.489. The average molecular weight is 461 g/mol. The summed E-state index contributed by atoms with van der Waals surface area (Å²) >= 11 is 0. The van der Waals surface area contributed by atoms with E-state index < -0.39 is 49.4 Å². The third kappa shape index (κ3) is 8.40. The number of carbonyl (C=O) groups is 2. The zero-order valence-electron chi connectivity index (χ0n) is 20.5. The highest BCUT2D eigenvalue weighted by Crippen LogP contribution is 2.40. The van der Waals surface area contributed by atoms with Crippen molar-refractivity contribution in [1.82, 2.24) is 4.90 Å². The molecule has 0 saturated carbocycles. The molecule has 31 heavy (non-hydrogen) atoms. The van der Waals surface area contributed by atoms with Gasteiger partial charge in [0.15, 0.2) is 8.32 Å². The molecule has 0 radical (unpaired) electrons. The highest BCUT2D eigenvalue weighted by atomic mass is 28.4. The number of hydrogen-bond acceptors (Lipinski definition) is 7. The highest BCUT2D eigenvalue weighted by molar-refractivity contribution is 6.74. The van der Waals surface area contributed by atoms with E-state index in [4.69, 9.17) is 13.9 Å². The summed E-state index contributed by atoms with van der Waals surface area (Å²) in [5.41, 5.74) is -0.709. The van der Waals surface area contributed by atoms with Gasteiger partial charge >= 0.3 is 12.1 Å². The van der Waals surface area contributed by atoms with Gasteiger partial charge in [-0.3, -0.25) is 14.9 Å². The Morgan fingerprint density at radius 2 is 1.77 bits per heavy atom. The molecule has 1 amide bonds. The molecule has 0 aromatic carbocycles. The van der Waals surface area contributed by atoms with E-state index in [0.717, 1.165) is 0 Å². The summed E-state index contributed by atoms with van der Waals surface area (Å²) in [7, 11) is -2.13. The summed E-state index contributed by atoms with van der Waals surface area (Å²) in [5.74, 6) is -1.19. The number of carbonyl (C=O) groups excluding carboxylic acids is 2. The third-order valence-electron chi connectivity index (χ3n) is 5.86. The molecule has 0 N–H and O–H groups in total. The summed E-state index contributed by atoms with van der Waals surface area (Å²) in [6.07, 6.45) is -0.527. The van der Waals surface area contributed by atoms with Crippen molar-refractivity contribution in [3.63, 3.8) is 0 Å². The van der Waals surface area contributed by atoms with E-state index in [-0.39, 0.29) is 30.7 Å². The van der Waals surface area contributed by atoms with Gasteiger partial charge in [-0.05, 0) is 52.2 Å². The molecule has 1 rings (SSSR count). The minimum Gasteiger partial charge on any atom is -0.466 e. The SMILES string of the molecule is CCOC(=O)CC(C[N+](=O)[O-])C1CC(O[Si](C)(C)C(C)(C)C)CN1C(=O)OC(C)(C)C. The van der Waals surface area contributed by atoms with E-state index in [1.54, 1.807) is 27.7 Å². The Morgan fingerprint density at radius 1 is 1.19 bits per heavy atom. The van der Waals surface area contributed by atoms with Crippen molar-refractivity contribution in [3.8, 4) is 0 Å². The van der Waals surface area contributed by atoms with Gasteiger partial charge in [0.25, 0.3) is 0 Å². The Hall–Kier alpha value is -1.68. The van der Waals surface area contributed by atoms with E-state index in [1.807, 2.05) is 0 Å². The molecule has 1 heterocycles. The minimum atomic E-state index is -2.13. The number of hydrogen-bond donors (Lipinski definition) is 0. The first-order valence-corrected chi connectivity index (χ1v) is 13.8. The summed E-state index contributed by atoms with van der Waals surface area (Å²) in [6.45, 7) is 17.7. The molecule has 3 unspecified atom stereocenters. The second-order valence-electron chi connectivity index (χ2n) is 10.7. The van der Waals surface area contributed by atoms with Crippen molar-refractivity contribution in [2.75, 3.05) is 19.7 Å². The topological polar surface area (TPSA) is 108 Å². The van der Waals surface area contributed by atoms with Crippen LogP contribution in [0.3, 0.4) is 0 Å². The predicted octanol–water partition coefficient (Wildman–Crippen LogP) is 4.23. The maximum absolute atomic E-state index is 13.0. The van der Waals surface area contributed by atoms with Crippen LogP contribution >= 0.6 is 0 Å². The van der Waals surface area contributed by atoms with Gasteiger partial charge in [-0.2, -0.15) is 0 Å². The Morgan fingerprint density at radius 3 is 2.23 bits per heavy atom. The van der Waals surface area contributed by atoms with Crippen LogP contribution in [0.15, 0.2) is 0 Å². The zero-order chi connectivity index (χ0) is 24.2. The fraction of sp³-hybridized carbons (Fsp3) is 0.905. The van der Waals surface area contributed by atoms with Crippen LogP contribution in [-0.4, -0.2) is 67.6 Å². The lowest BCUT2D eigenvalue weighted by atomic mass is 9.93. The Labute approximate surface area is 187 Å². The Balaban J connectivity index is 3.19. The van der Waals surface area contributed by atoms with Crippen LogP contribution in [0.25, 0.3) is 0 Å².